The molecule has 2 N–H and O–H groups in total. The Kier molecular flexibility index (Phi) is 4.73. The number of carbonyl (C=O) groups excluding carboxylic acids is 1. The van der Waals surface area contributed by atoms with Crippen molar-refractivity contribution in [2.24, 2.45) is 0 Å². The van der Waals surface area contributed by atoms with E-state index in [1.165, 1.54) is 18.2 Å². The Balaban J connectivity index is 2.29. The van der Waals surface area contributed by atoms with Crippen LogP contribution >= 0.6 is 0 Å². The van der Waals surface area contributed by atoms with Crippen LogP contribution in [0, 0.1) is 0 Å². The second-order valence-electron chi connectivity index (χ2n) is 4.98. The van der Waals surface area contributed by atoms with Crippen LogP contribution in [0.5, 0.6) is 5.75 Å². The Labute approximate surface area is 128 Å². The summed E-state index contributed by atoms with van der Waals surface area (Å²) in [6, 6.07) is 13.7. The van der Waals surface area contributed by atoms with Crippen molar-refractivity contribution >= 4 is 17.8 Å². The van der Waals surface area contributed by atoms with E-state index in [0.29, 0.717) is 11.1 Å². The fourth-order valence-electron chi connectivity index (χ4n) is 2.12. The van der Waals surface area contributed by atoms with Gasteiger partial charge in [0, 0.05) is 11.1 Å². The van der Waals surface area contributed by atoms with E-state index in [0.717, 1.165) is 5.56 Å². The number of carbonyl (C=O) groups is 2. The van der Waals surface area contributed by atoms with Crippen LogP contribution < -0.4 is 0 Å². The van der Waals surface area contributed by atoms with E-state index in [1.54, 1.807) is 13.0 Å². The molecule has 0 heterocycles. The highest BCUT2D eigenvalue weighted by Crippen LogP contribution is 2.21. The zero-order valence-corrected chi connectivity index (χ0v) is 12.1. The van der Waals surface area contributed by atoms with Crippen LogP contribution in [0.25, 0.3) is 6.08 Å². The number of phenolic OH excluding ortho intramolecular Hbond substituents is 1. The highest BCUT2D eigenvalue weighted by molar-refractivity contribution is 6.11. The second kappa shape index (κ2) is 6.72. The van der Waals surface area contributed by atoms with Crippen LogP contribution in [0.4, 0.5) is 0 Å². The number of allylic oxidation sites excluding steroid dienone is 1. The van der Waals surface area contributed by atoms with Gasteiger partial charge in [-0.25, -0.2) is 0 Å². The minimum atomic E-state index is -1.06. The molecule has 4 nitrogen and oxygen atoms in total. The van der Waals surface area contributed by atoms with Crippen molar-refractivity contribution in [2.75, 3.05) is 0 Å². The predicted molar refractivity (Wildman–Crippen MR) is 83.9 cm³/mol. The molecule has 0 fully saturated rings. The third kappa shape index (κ3) is 3.82. The first-order valence-electron chi connectivity index (χ1n) is 6.79. The molecule has 0 amide bonds. The topological polar surface area (TPSA) is 74.6 Å². The molecule has 4 heteroatoms. The smallest absolute Gasteiger partial charge is 0.307 e. The Morgan fingerprint density at radius 1 is 1.09 bits per heavy atom. The molecule has 0 aliphatic rings. The first kappa shape index (κ1) is 15.5. The fourth-order valence-corrected chi connectivity index (χ4v) is 2.12. The molecule has 0 saturated carbocycles. The number of carboxylic acids is 1. The number of Topliss-reactive ketones (excluding diaryl/α,β-unsaturated/α-hetero) is 1. The molecule has 2 rings (SSSR count). The molecule has 0 radical (unpaired) electrons. The lowest BCUT2D eigenvalue weighted by atomic mass is 9.99. The van der Waals surface area contributed by atoms with Gasteiger partial charge in [0.15, 0.2) is 5.78 Å². The summed E-state index contributed by atoms with van der Waals surface area (Å²) in [5.41, 5.74) is 2.04. The van der Waals surface area contributed by atoms with Crippen LogP contribution in [-0.2, 0) is 11.2 Å². The molecule has 2 aromatic rings. The van der Waals surface area contributed by atoms with E-state index in [-0.39, 0.29) is 23.5 Å². The van der Waals surface area contributed by atoms with Crippen molar-refractivity contribution in [1.29, 1.82) is 0 Å². The van der Waals surface area contributed by atoms with Gasteiger partial charge in [-0.1, -0.05) is 30.3 Å². The number of hydrogen-bond acceptors (Lipinski definition) is 3. The maximum atomic E-state index is 12.4. The largest absolute Gasteiger partial charge is 0.508 e. The number of benzene rings is 2. The minimum absolute atomic E-state index is 0.122. The average molecular weight is 296 g/mol. The SMILES string of the molecule is CC(=Cc1ccccc1)C(=O)c1ccc(O)c(CC(=O)O)c1. The van der Waals surface area contributed by atoms with Gasteiger partial charge in [-0.15, -0.1) is 0 Å². The number of rotatable bonds is 5. The normalized spacial score (nSPS) is 11.2. The molecule has 112 valence electrons. The number of aliphatic carboxylic acids is 1. The van der Waals surface area contributed by atoms with Gasteiger partial charge < -0.3 is 10.2 Å². The molecule has 2 aromatic carbocycles. The predicted octanol–water partition coefficient (Wildman–Crippen LogP) is 3.31. The molecule has 0 bridgehead atoms. The zero-order valence-electron chi connectivity index (χ0n) is 12.1. The van der Waals surface area contributed by atoms with E-state index >= 15 is 0 Å². The molecule has 0 aromatic heterocycles. The standard InChI is InChI=1S/C18H16O4/c1-12(9-13-5-3-2-4-6-13)18(22)14-7-8-16(19)15(10-14)11-17(20)21/h2-10,19H,11H2,1H3,(H,20,21). The van der Waals surface area contributed by atoms with Gasteiger partial charge in [0.2, 0.25) is 0 Å². The number of carboxylic acid groups (broad SMARTS) is 1. The van der Waals surface area contributed by atoms with Crippen molar-refractivity contribution in [3.8, 4) is 5.75 Å². The highest BCUT2D eigenvalue weighted by Gasteiger charge is 2.13. The monoisotopic (exact) mass is 296 g/mol. The third-order valence-electron chi connectivity index (χ3n) is 3.22. The van der Waals surface area contributed by atoms with Gasteiger partial charge in [-0.2, -0.15) is 0 Å². The third-order valence-corrected chi connectivity index (χ3v) is 3.22. The molecule has 0 atom stereocenters. The van der Waals surface area contributed by atoms with E-state index < -0.39 is 5.97 Å². The summed E-state index contributed by atoms with van der Waals surface area (Å²) in [5.74, 6) is -1.38. The lowest BCUT2D eigenvalue weighted by Gasteiger charge is -2.06. The van der Waals surface area contributed by atoms with Crippen LogP contribution in [0.3, 0.4) is 0 Å². The molecule has 0 aliphatic heterocycles. The van der Waals surface area contributed by atoms with Crippen LogP contribution in [0.1, 0.15) is 28.4 Å². The van der Waals surface area contributed by atoms with Crippen molar-refractivity contribution in [3.05, 3.63) is 70.8 Å². The Hall–Kier alpha value is -2.88. The zero-order chi connectivity index (χ0) is 16.1. The fraction of sp³-hybridized carbons (Fsp3) is 0.111. The molecule has 22 heavy (non-hydrogen) atoms. The number of ketones is 1. The van der Waals surface area contributed by atoms with Gasteiger partial charge in [0.05, 0.1) is 6.42 Å². The van der Waals surface area contributed by atoms with Gasteiger partial charge in [-0.05, 0) is 42.3 Å². The van der Waals surface area contributed by atoms with Gasteiger partial charge in [0.25, 0.3) is 0 Å². The van der Waals surface area contributed by atoms with Gasteiger partial charge >= 0.3 is 5.97 Å². The average Bonchev–Trinajstić information content (AvgIpc) is 2.49. The molecule has 0 aliphatic carbocycles. The Morgan fingerprint density at radius 3 is 2.41 bits per heavy atom. The quantitative estimate of drug-likeness (QED) is 0.655. The van der Waals surface area contributed by atoms with Crippen molar-refractivity contribution in [2.45, 2.75) is 13.3 Å². The summed E-state index contributed by atoms with van der Waals surface area (Å²) in [6.45, 7) is 1.71. The van der Waals surface area contributed by atoms with Crippen LogP contribution in [0.2, 0.25) is 0 Å². The summed E-state index contributed by atoms with van der Waals surface area (Å²) < 4.78 is 0. The minimum Gasteiger partial charge on any atom is -0.508 e. The Bertz CT molecular complexity index is 730. The molecule has 0 unspecified atom stereocenters. The maximum Gasteiger partial charge on any atom is 0.307 e. The summed E-state index contributed by atoms with van der Waals surface area (Å²) in [5, 5.41) is 18.5. The summed E-state index contributed by atoms with van der Waals surface area (Å²) >= 11 is 0. The number of hydrogen-bond donors (Lipinski definition) is 2. The molecule has 0 saturated heterocycles. The van der Waals surface area contributed by atoms with E-state index in [2.05, 4.69) is 0 Å². The number of aromatic hydroxyl groups is 1. The molecule has 0 spiro atoms. The lowest BCUT2D eigenvalue weighted by Crippen LogP contribution is -2.05. The van der Waals surface area contributed by atoms with E-state index in [9.17, 15) is 14.7 Å². The van der Waals surface area contributed by atoms with E-state index in [4.69, 9.17) is 5.11 Å². The Morgan fingerprint density at radius 2 is 1.77 bits per heavy atom. The van der Waals surface area contributed by atoms with Gasteiger partial charge in [0.1, 0.15) is 5.75 Å². The van der Waals surface area contributed by atoms with Crippen LogP contribution in [-0.4, -0.2) is 22.0 Å². The lowest BCUT2D eigenvalue weighted by molar-refractivity contribution is -0.136. The molecular weight excluding hydrogens is 280 g/mol. The van der Waals surface area contributed by atoms with Crippen molar-refractivity contribution in [1.82, 2.24) is 0 Å². The number of phenols is 1. The van der Waals surface area contributed by atoms with Crippen molar-refractivity contribution in [3.63, 3.8) is 0 Å². The van der Waals surface area contributed by atoms with Crippen molar-refractivity contribution < 1.29 is 19.8 Å². The van der Waals surface area contributed by atoms with Gasteiger partial charge in [-0.3, -0.25) is 9.59 Å². The summed E-state index contributed by atoms with van der Waals surface area (Å²) in [6.07, 6.45) is 1.44. The summed E-state index contributed by atoms with van der Waals surface area (Å²) in [7, 11) is 0. The first-order chi connectivity index (χ1) is 10.5. The molecular formula is C18H16O4. The highest BCUT2D eigenvalue weighted by atomic mass is 16.4. The van der Waals surface area contributed by atoms with Crippen LogP contribution in [0.15, 0.2) is 54.1 Å². The first-order valence-corrected chi connectivity index (χ1v) is 6.79. The van der Waals surface area contributed by atoms with E-state index in [1.807, 2.05) is 30.3 Å². The summed E-state index contributed by atoms with van der Waals surface area (Å²) in [4.78, 5) is 23.2. The maximum absolute atomic E-state index is 12.4. The second-order valence-corrected chi connectivity index (χ2v) is 4.98.